The third-order valence-corrected chi connectivity index (χ3v) is 3.83. The van der Waals surface area contributed by atoms with Gasteiger partial charge in [-0.1, -0.05) is 34.1 Å². The van der Waals surface area contributed by atoms with E-state index in [0.717, 1.165) is 11.8 Å². The number of alkyl halides is 1. The Labute approximate surface area is 82.7 Å². The van der Waals surface area contributed by atoms with Crippen molar-refractivity contribution in [1.29, 1.82) is 0 Å². The lowest BCUT2D eigenvalue weighted by molar-refractivity contribution is 0.230. The van der Waals surface area contributed by atoms with Gasteiger partial charge in [0, 0.05) is 5.88 Å². The van der Waals surface area contributed by atoms with Crippen LogP contribution in [-0.4, -0.2) is 5.88 Å². The number of rotatable bonds is 6. The van der Waals surface area contributed by atoms with Gasteiger partial charge >= 0.3 is 0 Å². The Bertz CT molecular complexity index is 97.3. The fraction of sp³-hybridized carbons (Fsp3) is 1.00. The van der Waals surface area contributed by atoms with Crippen molar-refractivity contribution >= 4 is 11.6 Å². The van der Waals surface area contributed by atoms with Crippen molar-refractivity contribution in [2.75, 3.05) is 5.88 Å². The zero-order chi connectivity index (χ0) is 9.61. The fourth-order valence-electron chi connectivity index (χ4n) is 1.67. The second-order valence-corrected chi connectivity index (χ2v) is 4.33. The van der Waals surface area contributed by atoms with E-state index < -0.39 is 0 Å². The van der Waals surface area contributed by atoms with E-state index in [9.17, 15) is 0 Å². The Morgan fingerprint density at radius 1 is 1.17 bits per heavy atom. The predicted molar refractivity (Wildman–Crippen MR) is 57.8 cm³/mol. The third-order valence-electron chi connectivity index (χ3n) is 3.26. The zero-order valence-corrected chi connectivity index (χ0v) is 9.75. The minimum absolute atomic E-state index is 0.414. The molecule has 0 aromatic rings. The average Bonchev–Trinajstić information content (AvgIpc) is 2.14. The van der Waals surface area contributed by atoms with Crippen molar-refractivity contribution in [1.82, 2.24) is 0 Å². The molecule has 0 spiro atoms. The molecule has 1 heteroatoms. The van der Waals surface area contributed by atoms with Gasteiger partial charge in [0.1, 0.15) is 0 Å². The smallest absolute Gasteiger partial charge is 0.0279 e. The summed E-state index contributed by atoms with van der Waals surface area (Å²) in [5.74, 6) is 1.65. The predicted octanol–water partition coefficient (Wildman–Crippen LogP) is 4.47. The molecule has 0 heterocycles. The Morgan fingerprint density at radius 3 is 1.92 bits per heavy atom. The maximum absolute atomic E-state index is 6.03. The highest BCUT2D eigenvalue weighted by molar-refractivity contribution is 6.18. The van der Waals surface area contributed by atoms with Gasteiger partial charge in [0.2, 0.25) is 0 Å². The van der Waals surface area contributed by atoms with Crippen LogP contribution in [0.4, 0.5) is 0 Å². The zero-order valence-electron chi connectivity index (χ0n) is 8.99. The molecule has 0 bridgehead atoms. The van der Waals surface area contributed by atoms with Crippen LogP contribution in [0.25, 0.3) is 0 Å². The summed E-state index contributed by atoms with van der Waals surface area (Å²) < 4.78 is 0. The SMILES string of the molecule is CCC(C)CC(CC)(CC)CCl. The summed E-state index contributed by atoms with van der Waals surface area (Å²) in [5.41, 5.74) is 0.414. The van der Waals surface area contributed by atoms with Crippen LogP contribution >= 0.6 is 11.6 Å². The molecule has 0 rings (SSSR count). The largest absolute Gasteiger partial charge is 0.126 e. The molecule has 1 unspecified atom stereocenters. The maximum Gasteiger partial charge on any atom is 0.0279 e. The molecule has 74 valence electrons. The Balaban J connectivity index is 4.09. The highest BCUT2D eigenvalue weighted by Gasteiger charge is 2.26. The van der Waals surface area contributed by atoms with Crippen LogP contribution in [-0.2, 0) is 0 Å². The van der Waals surface area contributed by atoms with Crippen LogP contribution in [0.3, 0.4) is 0 Å². The van der Waals surface area contributed by atoms with Crippen molar-refractivity contribution < 1.29 is 0 Å². The summed E-state index contributed by atoms with van der Waals surface area (Å²) >= 11 is 6.03. The molecular formula is C11H23Cl. The van der Waals surface area contributed by atoms with Crippen LogP contribution in [0.5, 0.6) is 0 Å². The van der Waals surface area contributed by atoms with E-state index in [1.54, 1.807) is 0 Å². The van der Waals surface area contributed by atoms with Gasteiger partial charge in [0.25, 0.3) is 0 Å². The van der Waals surface area contributed by atoms with Crippen LogP contribution in [0, 0.1) is 11.3 Å². The normalized spacial score (nSPS) is 14.8. The monoisotopic (exact) mass is 190 g/mol. The highest BCUT2D eigenvalue weighted by Crippen LogP contribution is 2.35. The fourth-order valence-corrected chi connectivity index (χ4v) is 2.15. The quantitative estimate of drug-likeness (QED) is 0.543. The molecule has 0 amide bonds. The number of hydrogen-bond donors (Lipinski definition) is 0. The molecule has 0 aromatic heterocycles. The Morgan fingerprint density at radius 2 is 1.67 bits per heavy atom. The van der Waals surface area contributed by atoms with E-state index in [-0.39, 0.29) is 0 Å². The summed E-state index contributed by atoms with van der Waals surface area (Å²) in [6.07, 6.45) is 5.01. The van der Waals surface area contributed by atoms with Crippen LogP contribution in [0.15, 0.2) is 0 Å². The van der Waals surface area contributed by atoms with E-state index in [1.165, 1.54) is 25.7 Å². The maximum atomic E-state index is 6.03. The van der Waals surface area contributed by atoms with Gasteiger partial charge in [-0.15, -0.1) is 11.6 Å². The van der Waals surface area contributed by atoms with E-state index >= 15 is 0 Å². The lowest BCUT2D eigenvalue weighted by Crippen LogP contribution is -2.23. The molecule has 0 aliphatic carbocycles. The summed E-state index contributed by atoms with van der Waals surface area (Å²) in [6.45, 7) is 9.10. The number of hydrogen-bond acceptors (Lipinski definition) is 0. The molecule has 0 saturated carbocycles. The Hall–Kier alpha value is 0.290. The van der Waals surface area contributed by atoms with Crippen LogP contribution in [0.2, 0.25) is 0 Å². The van der Waals surface area contributed by atoms with Gasteiger partial charge in [-0.2, -0.15) is 0 Å². The molecule has 1 atom stereocenters. The van der Waals surface area contributed by atoms with Crippen LogP contribution in [0.1, 0.15) is 53.4 Å². The molecule has 0 nitrogen and oxygen atoms in total. The minimum atomic E-state index is 0.414. The van der Waals surface area contributed by atoms with Gasteiger partial charge in [0.15, 0.2) is 0 Å². The lowest BCUT2D eigenvalue weighted by atomic mass is 9.76. The molecule has 0 aliphatic heterocycles. The van der Waals surface area contributed by atoms with Gasteiger partial charge in [-0.25, -0.2) is 0 Å². The number of halogens is 1. The average molecular weight is 191 g/mol. The highest BCUT2D eigenvalue weighted by atomic mass is 35.5. The van der Waals surface area contributed by atoms with Gasteiger partial charge < -0.3 is 0 Å². The van der Waals surface area contributed by atoms with Crippen molar-refractivity contribution in [3.05, 3.63) is 0 Å². The lowest BCUT2D eigenvalue weighted by Gasteiger charge is -2.31. The summed E-state index contributed by atoms with van der Waals surface area (Å²) in [6, 6.07) is 0. The molecule has 12 heavy (non-hydrogen) atoms. The molecule has 0 aromatic carbocycles. The second-order valence-electron chi connectivity index (χ2n) is 4.06. The molecular weight excluding hydrogens is 168 g/mol. The van der Waals surface area contributed by atoms with E-state index in [0.29, 0.717) is 5.41 Å². The van der Waals surface area contributed by atoms with Crippen molar-refractivity contribution in [3.63, 3.8) is 0 Å². The topological polar surface area (TPSA) is 0 Å². The van der Waals surface area contributed by atoms with Crippen molar-refractivity contribution in [2.24, 2.45) is 11.3 Å². The van der Waals surface area contributed by atoms with E-state index in [4.69, 9.17) is 11.6 Å². The summed E-state index contributed by atoms with van der Waals surface area (Å²) in [5, 5.41) is 0. The van der Waals surface area contributed by atoms with Gasteiger partial charge in [-0.3, -0.25) is 0 Å². The third kappa shape index (κ3) is 3.35. The standard InChI is InChI=1S/C11H23Cl/c1-5-10(4)8-11(6-2,7-3)9-12/h10H,5-9H2,1-4H3. The first-order valence-electron chi connectivity index (χ1n) is 5.20. The van der Waals surface area contributed by atoms with E-state index in [1.807, 2.05) is 0 Å². The molecule has 0 N–H and O–H groups in total. The molecule has 0 aliphatic rings. The Kier molecular flexibility index (Phi) is 6.00. The van der Waals surface area contributed by atoms with E-state index in [2.05, 4.69) is 27.7 Å². The van der Waals surface area contributed by atoms with Gasteiger partial charge in [-0.05, 0) is 30.6 Å². The second kappa shape index (κ2) is 5.85. The van der Waals surface area contributed by atoms with Crippen molar-refractivity contribution in [2.45, 2.75) is 53.4 Å². The van der Waals surface area contributed by atoms with Crippen LogP contribution < -0.4 is 0 Å². The first-order chi connectivity index (χ1) is 5.64. The summed E-state index contributed by atoms with van der Waals surface area (Å²) in [4.78, 5) is 0. The minimum Gasteiger partial charge on any atom is -0.126 e. The molecule has 0 fully saturated rings. The first-order valence-corrected chi connectivity index (χ1v) is 5.73. The molecule has 0 saturated heterocycles. The van der Waals surface area contributed by atoms with Crippen molar-refractivity contribution in [3.8, 4) is 0 Å². The van der Waals surface area contributed by atoms with Gasteiger partial charge in [0.05, 0.1) is 0 Å². The summed E-state index contributed by atoms with van der Waals surface area (Å²) in [7, 11) is 0. The first kappa shape index (κ1) is 12.3. The molecule has 0 radical (unpaired) electrons.